The first-order chi connectivity index (χ1) is 10.7. The standard InChI is InChI=1S/C17H18N2O2S/c1-18-10-8-17(20,16-6-3-11-22-16)21-15-5-2-4-13-12-19-9-7-14(13)15/h2-7,9,11-12,18,20H,8,10H2,1H3. The molecule has 4 nitrogen and oxygen atoms in total. The molecule has 2 aromatic heterocycles. The van der Waals surface area contributed by atoms with Gasteiger partial charge < -0.3 is 15.2 Å². The van der Waals surface area contributed by atoms with E-state index in [1.807, 2.05) is 48.8 Å². The highest BCUT2D eigenvalue weighted by atomic mass is 32.1. The molecule has 0 spiro atoms. The predicted octanol–water partition coefficient (Wildman–Crippen LogP) is 3.13. The molecule has 1 aromatic carbocycles. The van der Waals surface area contributed by atoms with Gasteiger partial charge in [-0.15, -0.1) is 11.3 Å². The lowest BCUT2D eigenvalue weighted by atomic mass is 10.1. The number of hydrogen-bond donors (Lipinski definition) is 2. The quantitative estimate of drug-likeness (QED) is 0.686. The van der Waals surface area contributed by atoms with Gasteiger partial charge in [-0.2, -0.15) is 0 Å². The summed E-state index contributed by atoms with van der Waals surface area (Å²) in [5, 5.41) is 18.0. The summed E-state index contributed by atoms with van der Waals surface area (Å²) in [5.41, 5.74) is 0. The first-order valence-electron chi connectivity index (χ1n) is 7.16. The van der Waals surface area contributed by atoms with Crippen molar-refractivity contribution in [2.75, 3.05) is 13.6 Å². The predicted molar refractivity (Wildman–Crippen MR) is 89.1 cm³/mol. The highest BCUT2D eigenvalue weighted by Crippen LogP contribution is 2.35. The summed E-state index contributed by atoms with van der Waals surface area (Å²) in [5.74, 6) is -0.679. The minimum Gasteiger partial charge on any atom is -0.457 e. The van der Waals surface area contributed by atoms with Gasteiger partial charge in [0.2, 0.25) is 5.79 Å². The van der Waals surface area contributed by atoms with E-state index in [9.17, 15) is 5.11 Å². The minimum absolute atomic E-state index is 0.464. The van der Waals surface area contributed by atoms with Crippen molar-refractivity contribution < 1.29 is 9.84 Å². The van der Waals surface area contributed by atoms with Crippen LogP contribution < -0.4 is 10.1 Å². The summed E-state index contributed by atoms with van der Waals surface area (Å²) < 4.78 is 6.06. The summed E-state index contributed by atoms with van der Waals surface area (Å²) in [4.78, 5) is 4.92. The van der Waals surface area contributed by atoms with Crippen LogP contribution in [-0.2, 0) is 5.79 Å². The van der Waals surface area contributed by atoms with Crippen LogP contribution in [0.4, 0.5) is 0 Å². The fourth-order valence-corrected chi connectivity index (χ4v) is 3.17. The van der Waals surface area contributed by atoms with Crippen LogP contribution in [0.5, 0.6) is 5.75 Å². The number of hydrogen-bond acceptors (Lipinski definition) is 5. The highest BCUT2D eigenvalue weighted by Gasteiger charge is 2.33. The molecule has 1 atom stereocenters. The molecule has 2 N–H and O–H groups in total. The number of nitrogens with zero attached hydrogens (tertiary/aromatic N) is 1. The van der Waals surface area contributed by atoms with E-state index in [1.54, 1.807) is 12.4 Å². The molecule has 0 saturated carbocycles. The molecule has 0 aliphatic carbocycles. The first kappa shape index (κ1) is 15.0. The number of ether oxygens (including phenoxy) is 1. The number of pyridine rings is 1. The highest BCUT2D eigenvalue weighted by molar-refractivity contribution is 7.10. The molecule has 0 radical (unpaired) electrons. The zero-order chi connectivity index (χ0) is 15.4. The van der Waals surface area contributed by atoms with E-state index in [2.05, 4.69) is 10.3 Å². The molecule has 0 aliphatic rings. The van der Waals surface area contributed by atoms with Gasteiger partial charge in [0.1, 0.15) is 5.75 Å². The maximum atomic E-state index is 11.0. The van der Waals surface area contributed by atoms with E-state index < -0.39 is 5.79 Å². The summed E-state index contributed by atoms with van der Waals surface area (Å²) in [6, 6.07) is 11.5. The Kier molecular flexibility index (Phi) is 4.38. The van der Waals surface area contributed by atoms with Crippen molar-refractivity contribution in [1.82, 2.24) is 10.3 Å². The summed E-state index contributed by atoms with van der Waals surface area (Å²) in [7, 11) is 1.86. The molecule has 0 aliphatic heterocycles. The van der Waals surface area contributed by atoms with E-state index in [0.717, 1.165) is 15.6 Å². The van der Waals surface area contributed by atoms with Crippen molar-refractivity contribution in [3.8, 4) is 5.75 Å². The molecule has 3 aromatic rings. The minimum atomic E-state index is -1.34. The van der Waals surface area contributed by atoms with Gasteiger partial charge in [-0.1, -0.05) is 18.2 Å². The van der Waals surface area contributed by atoms with E-state index in [-0.39, 0.29) is 0 Å². The van der Waals surface area contributed by atoms with Crippen LogP contribution in [0.3, 0.4) is 0 Å². The summed E-state index contributed by atoms with van der Waals surface area (Å²) >= 11 is 1.49. The van der Waals surface area contributed by atoms with E-state index in [4.69, 9.17) is 4.74 Å². The molecule has 0 saturated heterocycles. The number of benzene rings is 1. The van der Waals surface area contributed by atoms with Crippen LogP contribution in [-0.4, -0.2) is 23.7 Å². The Hall–Kier alpha value is -1.95. The van der Waals surface area contributed by atoms with Crippen molar-refractivity contribution in [2.24, 2.45) is 0 Å². The maximum absolute atomic E-state index is 11.0. The van der Waals surface area contributed by atoms with Gasteiger partial charge in [0.15, 0.2) is 0 Å². The molecule has 0 fully saturated rings. The topological polar surface area (TPSA) is 54.4 Å². The van der Waals surface area contributed by atoms with E-state index in [0.29, 0.717) is 18.7 Å². The average Bonchev–Trinajstić information content (AvgIpc) is 3.09. The Balaban J connectivity index is 1.99. The monoisotopic (exact) mass is 314 g/mol. The lowest BCUT2D eigenvalue weighted by molar-refractivity contribution is -0.146. The largest absolute Gasteiger partial charge is 0.457 e. The summed E-state index contributed by atoms with van der Waals surface area (Å²) in [6.07, 6.45) is 3.98. The average molecular weight is 314 g/mol. The van der Waals surface area contributed by atoms with Crippen LogP contribution in [0.2, 0.25) is 0 Å². The van der Waals surface area contributed by atoms with Crippen LogP contribution in [0.25, 0.3) is 10.8 Å². The third-order valence-electron chi connectivity index (χ3n) is 3.54. The molecule has 22 heavy (non-hydrogen) atoms. The third-order valence-corrected chi connectivity index (χ3v) is 4.54. The zero-order valence-corrected chi connectivity index (χ0v) is 13.1. The van der Waals surface area contributed by atoms with Gasteiger partial charge in [0.05, 0.1) is 4.88 Å². The lowest BCUT2D eigenvalue weighted by Gasteiger charge is -2.28. The molecule has 0 amide bonds. The molecule has 114 valence electrons. The lowest BCUT2D eigenvalue weighted by Crippen LogP contribution is -2.35. The maximum Gasteiger partial charge on any atom is 0.245 e. The number of thiophene rings is 1. The Morgan fingerprint density at radius 2 is 2.18 bits per heavy atom. The van der Waals surface area contributed by atoms with Crippen molar-refractivity contribution in [3.63, 3.8) is 0 Å². The fraction of sp³-hybridized carbons (Fsp3) is 0.235. The van der Waals surface area contributed by atoms with Crippen LogP contribution in [0, 0.1) is 0 Å². The summed E-state index contributed by atoms with van der Waals surface area (Å²) in [6.45, 7) is 0.653. The number of rotatable bonds is 6. The second-order valence-corrected chi connectivity index (χ2v) is 6.02. The number of nitrogens with one attached hydrogen (secondary N) is 1. The van der Waals surface area contributed by atoms with Gasteiger partial charge in [0, 0.05) is 36.1 Å². The van der Waals surface area contributed by atoms with Crippen LogP contribution in [0.15, 0.2) is 54.2 Å². The SMILES string of the molecule is CNCCC(O)(Oc1cccc2cnccc12)c1cccs1. The van der Waals surface area contributed by atoms with Crippen molar-refractivity contribution in [1.29, 1.82) is 0 Å². The Morgan fingerprint density at radius 3 is 2.95 bits per heavy atom. The Bertz CT molecular complexity index is 740. The molecule has 0 bridgehead atoms. The number of aliphatic hydroxyl groups is 1. The molecular weight excluding hydrogens is 296 g/mol. The molecule has 2 heterocycles. The third kappa shape index (κ3) is 2.97. The van der Waals surface area contributed by atoms with Gasteiger partial charge in [-0.05, 0) is 30.6 Å². The second-order valence-electron chi connectivity index (χ2n) is 5.07. The van der Waals surface area contributed by atoms with Gasteiger partial charge >= 0.3 is 0 Å². The number of aromatic nitrogens is 1. The van der Waals surface area contributed by atoms with Gasteiger partial charge in [0.25, 0.3) is 0 Å². The van der Waals surface area contributed by atoms with Gasteiger partial charge in [-0.25, -0.2) is 0 Å². The first-order valence-corrected chi connectivity index (χ1v) is 8.03. The molecule has 5 heteroatoms. The molecule has 1 unspecified atom stereocenters. The van der Waals surface area contributed by atoms with Crippen molar-refractivity contribution >= 4 is 22.1 Å². The van der Waals surface area contributed by atoms with Crippen molar-refractivity contribution in [3.05, 3.63) is 59.0 Å². The molecule has 3 rings (SSSR count). The van der Waals surface area contributed by atoms with Crippen LogP contribution in [0.1, 0.15) is 11.3 Å². The Morgan fingerprint density at radius 1 is 1.27 bits per heavy atom. The smallest absolute Gasteiger partial charge is 0.245 e. The van der Waals surface area contributed by atoms with Crippen LogP contribution >= 0.6 is 11.3 Å². The van der Waals surface area contributed by atoms with Gasteiger partial charge in [-0.3, -0.25) is 4.98 Å². The molecular formula is C17H18N2O2S. The Labute approximate surface area is 133 Å². The number of fused-ring (bicyclic) bond motifs is 1. The second kappa shape index (κ2) is 6.44. The van der Waals surface area contributed by atoms with E-state index in [1.165, 1.54) is 11.3 Å². The van der Waals surface area contributed by atoms with E-state index >= 15 is 0 Å². The zero-order valence-electron chi connectivity index (χ0n) is 12.3. The fourth-order valence-electron chi connectivity index (χ4n) is 2.38. The normalized spacial score (nSPS) is 13.9. The van der Waals surface area contributed by atoms with Crippen molar-refractivity contribution in [2.45, 2.75) is 12.2 Å².